The number of hydrogen-bond donors (Lipinski definition) is 0. The average Bonchev–Trinajstić information content (AvgIpc) is 2.83. The highest BCUT2D eigenvalue weighted by Crippen LogP contribution is 2.37. The van der Waals surface area contributed by atoms with Crippen LogP contribution in [0, 0.1) is 6.92 Å². The first kappa shape index (κ1) is 18.7. The van der Waals surface area contributed by atoms with Gasteiger partial charge in [-0.1, -0.05) is 30.4 Å². The molecule has 8 heteroatoms. The van der Waals surface area contributed by atoms with Crippen LogP contribution in [-0.2, 0) is 20.9 Å². The largest absolute Gasteiger partial charge is 0.454 e. The summed E-state index contributed by atoms with van der Waals surface area (Å²) in [5.74, 6) is -0.845. The molecule has 0 saturated heterocycles. The van der Waals surface area contributed by atoms with Crippen molar-refractivity contribution >= 4 is 40.7 Å². The topological polar surface area (TPSA) is 68.6 Å². The van der Waals surface area contributed by atoms with E-state index in [0.717, 1.165) is 28.3 Å². The van der Waals surface area contributed by atoms with E-state index < -0.39 is 5.97 Å². The molecule has 1 aromatic carbocycles. The van der Waals surface area contributed by atoms with Gasteiger partial charge < -0.3 is 9.64 Å². The number of rotatable bonds is 4. The molecular weight excluding hydrogens is 372 g/mol. The van der Waals surface area contributed by atoms with Crippen molar-refractivity contribution in [3.63, 3.8) is 0 Å². The maximum atomic E-state index is 12.6. The highest BCUT2D eigenvalue weighted by Gasteiger charge is 2.25. The van der Waals surface area contributed by atoms with Crippen LogP contribution in [0.3, 0.4) is 0 Å². The number of aromatic nitrogens is 1. The van der Waals surface area contributed by atoms with Gasteiger partial charge >= 0.3 is 10.8 Å². The molecule has 1 aliphatic rings. The Kier molecular flexibility index (Phi) is 5.83. The number of benzene rings is 1. The number of amides is 1. The molecule has 138 valence electrons. The van der Waals surface area contributed by atoms with Crippen LogP contribution in [-0.4, -0.2) is 34.8 Å². The molecule has 1 amide bonds. The predicted octanol–water partition coefficient (Wildman–Crippen LogP) is 2.68. The van der Waals surface area contributed by atoms with Gasteiger partial charge in [-0.05, 0) is 25.5 Å². The van der Waals surface area contributed by atoms with Crippen molar-refractivity contribution in [3.05, 3.63) is 45.0 Å². The van der Waals surface area contributed by atoms with Crippen LogP contribution in [0.2, 0.25) is 0 Å². The van der Waals surface area contributed by atoms with E-state index in [0.29, 0.717) is 17.5 Å². The average molecular weight is 393 g/mol. The number of aryl methyl sites for hydroxylation is 1. The fourth-order valence-electron chi connectivity index (χ4n) is 2.74. The Bertz CT molecular complexity index is 874. The van der Waals surface area contributed by atoms with E-state index in [4.69, 9.17) is 4.74 Å². The molecule has 0 radical (unpaired) electrons. The van der Waals surface area contributed by atoms with Crippen LogP contribution in [0.5, 0.6) is 0 Å². The van der Waals surface area contributed by atoms with Gasteiger partial charge in [-0.3, -0.25) is 19.0 Å². The van der Waals surface area contributed by atoms with Gasteiger partial charge in [0.25, 0.3) is 5.91 Å². The number of nitrogens with zero attached hydrogens (tertiary/aromatic N) is 2. The molecule has 0 aliphatic carbocycles. The Morgan fingerprint density at radius 3 is 2.81 bits per heavy atom. The van der Waals surface area contributed by atoms with Gasteiger partial charge in [0.2, 0.25) is 0 Å². The molecule has 26 heavy (non-hydrogen) atoms. The van der Waals surface area contributed by atoms with E-state index in [2.05, 4.69) is 6.92 Å². The Balaban J connectivity index is 1.65. The molecule has 6 nitrogen and oxygen atoms in total. The highest BCUT2D eigenvalue weighted by atomic mass is 32.2. The van der Waals surface area contributed by atoms with Crippen LogP contribution in [0.4, 0.5) is 5.69 Å². The normalized spacial score (nSPS) is 16.7. The number of carbonyl (C=O) groups is 2. The summed E-state index contributed by atoms with van der Waals surface area (Å²) in [5, 5.41) is 2.10. The Hall–Kier alpha value is -2.06. The number of para-hydroxylation sites is 1. The van der Waals surface area contributed by atoms with E-state index >= 15 is 0 Å². The number of carbonyl (C=O) groups excluding carboxylic acids is 2. The summed E-state index contributed by atoms with van der Waals surface area (Å²) in [6.45, 7) is 3.97. The van der Waals surface area contributed by atoms with E-state index in [1.165, 1.54) is 4.57 Å². The molecule has 2 heterocycles. The van der Waals surface area contributed by atoms with Crippen molar-refractivity contribution in [1.29, 1.82) is 0 Å². The summed E-state index contributed by atoms with van der Waals surface area (Å²) in [6.07, 6.45) is 0.864. The van der Waals surface area contributed by atoms with Gasteiger partial charge in [0, 0.05) is 27.8 Å². The van der Waals surface area contributed by atoms with Crippen LogP contribution in [0.25, 0.3) is 0 Å². The van der Waals surface area contributed by atoms with Crippen LogP contribution in [0.15, 0.2) is 39.3 Å². The van der Waals surface area contributed by atoms with Crippen molar-refractivity contribution in [3.8, 4) is 0 Å². The SMILES string of the molecule is Cc1csc(=O)n1CC(=O)OCC(=O)N1CC[C@H](C)Sc2ccccc21. The molecule has 0 unspecified atom stereocenters. The minimum atomic E-state index is -0.590. The van der Waals surface area contributed by atoms with Crippen molar-refractivity contribution in [2.45, 2.75) is 37.0 Å². The zero-order valence-electron chi connectivity index (χ0n) is 14.6. The fourth-order valence-corrected chi connectivity index (χ4v) is 4.58. The zero-order chi connectivity index (χ0) is 18.7. The number of hydrogen-bond acceptors (Lipinski definition) is 6. The number of fused-ring (bicyclic) bond motifs is 1. The molecule has 0 fully saturated rings. The Labute approximate surface area is 159 Å². The van der Waals surface area contributed by atoms with Gasteiger partial charge in [-0.2, -0.15) is 0 Å². The van der Waals surface area contributed by atoms with E-state index in [9.17, 15) is 14.4 Å². The summed E-state index contributed by atoms with van der Waals surface area (Å²) in [7, 11) is 0. The quantitative estimate of drug-likeness (QED) is 0.749. The number of thiazole rings is 1. The lowest BCUT2D eigenvalue weighted by Gasteiger charge is -2.22. The molecule has 0 N–H and O–H groups in total. The highest BCUT2D eigenvalue weighted by molar-refractivity contribution is 8.00. The maximum Gasteiger partial charge on any atom is 0.326 e. The van der Waals surface area contributed by atoms with Crippen molar-refractivity contribution in [1.82, 2.24) is 4.57 Å². The summed E-state index contributed by atoms with van der Waals surface area (Å²) >= 11 is 2.78. The van der Waals surface area contributed by atoms with E-state index in [-0.39, 0.29) is 23.9 Å². The number of esters is 1. The monoisotopic (exact) mass is 392 g/mol. The molecule has 2 aromatic rings. The molecule has 0 saturated carbocycles. The molecule has 1 aliphatic heterocycles. The second kappa shape index (κ2) is 8.09. The fraction of sp³-hybridized carbons (Fsp3) is 0.389. The third-order valence-electron chi connectivity index (χ3n) is 4.16. The lowest BCUT2D eigenvalue weighted by molar-refractivity contribution is -0.148. The summed E-state index contributed by atoms with van der Waals surface area (Å²) in [4.78, 5) is 38.8. The molecular formula is C18H20N2O4S2. The summed E-state index contributed by atoms with van der Waals surface area (Å²) in [6, 6.07) is 7.76. The third kappa shape index (κ3) is 4.19. The van der Waals surface area contributed by atoms with Crippen molar-refractivity contribution < 1.29 is 14.3 Å². The number of ether oxygens (including phenoxy) is 1. The zero-order valence-corrected chi connectivity index (χ0v) is 16.3. The second-order valence-electron chi connectivity index (χ2n) is 6.12. The molecule has 1 atom stereocenters. The molecule has 0 bridgehead atoms. The van der Waals surface area contributed by atoms with Gasteiger partial charge in [0.05, 0.1) is 5.69 Å². The molecule has 0 spiro atoms. The number of thioether (sulfide) groups is 1. The van der Waals surface area contributed by atoms with Crippen LogP contribution in [0.1, 0.15) is 19.0 Å². The standard InChI is InChI=1S/C18H20N2O4S2/c1-12-11-25-18(23)20(12)9-17(22)24-10-16(21)19-8-7-13(2)26-15-6-4-3-5-14(15)19/h3-6,11,13H,7-10H2,1-2H3/t13-/m0/s1. The van der Waals surface area contributed by atoms with Crippen molar-refractivity contribution in [2.75, 3.05) is 18.1 Å². The Morgan fingerprint density at radius 1 is 1.31 bits per heavy atom. The first-order chi connectivity index (χ1) is 12.5. The van der Waals surface area contributed by atoms with Gasteiger partial charge in [0.15, 0.2) is 6.61 Å². The third-order valence-corrected chi connectivity index (χ3v) is 6.28. The van der Waals surface area contributed by atoms with Gasteiger partial charge in [-0.15, -0.1) is 11.8 Å². The number of anilines is 1. The van der Waals surface area contributed by atoms with Crippen molar-refractivity contribution in [2.24, 2.45) is 0 Å². The Morgan fingerprint density at radius 2 is 2.08 bits per heavy atom. The van der Waals surface area contributed by atoms with Gasteiger partial charge in [-0.25, -0.2) is 0 Å². The molecule has 1 aromatic heterocycles. The van der Waals surface area contributed by atoms with Gasteiger partial charge in [0.1, 0.15) is 6.54 Å². The second-order valence-corrected chi connectivity index (χ2v) is 8.42. The predicted molar refractivity (Wildman–Crippen MR) is 103 cm³/mol. The maximum absolute atomic E-state index is 12.6. The summed E-state index contributed by atoms with van der Waals surface area (Å²) in [5.41, 5.74) is 1.56. The smallest absolute Gasteiger partial charge is 0.326 e. The van der Waals surface area contributed by atoms with Crippen LogP contribution >= 0.6 is 23.1 Å². The lowest BCUT2D eigenvalue weighted by atomic mass is 10.2. The minimum Gasteiger partial charge on any atom is -0.454 e. The first-order valence-corrected chi connectivity index (χ1v) is 10.1. The van der Waals surface area contributed by atoms with Crippen LogP contribution < -0.4 is 9.77 Å². The molecule has 3 rings (SSSR count). The lowest BCUT2D eigenvalue weighted by Crippen LogP contribution is -2.36. The minimum absolute atomic E-state index is 0.176. The first-order valence-electron chi connectivity index (χ1n) is 8.32. The van der Waals surface area contributed by atoms with E-state index in [1.54, 1.807) is 29.0 Å². The van der Waals surface area contributed by atoms with E-state index in [1.807, 2.05) is 24.3 Å². The summed E-state index contributed by atoms with van der Waals surface area (Å²) < 4.78 is 6.48.